The maximum absolute atomic E-state index is 11.5. The van der Waals surface area contributed by atoms with Crippen LogP contribution >= 0.6 is 0 Å². The van der Waals surface area contributed by atoms with Crippen LogP contribution in [0.3, 0.4) is 0 Å². The minimum absolute atomic E-state index is 0.177. The summed E-state index contributed by atoms with van der Waals surface area (Å²) < 4.78 is 0. The number of fused-ring (bicyclic) bond motifs is 1. The van der Waals surface area contributed by atoms with Crippen molar-refractivity contribution in [1.29, 1.82) is 0 Å². The fraction of sp³-hybridized carbons (Fsp3) is 0.231. The Kier molecular flexibility index (Phi) is 4.33. The molecule has 0 saturated carbocycles. The van der Waals surface area contributed by atoms with Crippen LogP contribution in [0.15, 0.2) is 67.1 Å². The van der Waals surface area contributed by atoms with Gasteiger partial charge >= 0.3 is 0 Å². The van der Waals surface area contributed by atoms with E-state index in [1.807, 2.05) is 29.2 Å². The van der Waals surface area contributed by atoms with Crippen molar-refractivity contribution in [2.24, 2.45) is 5.41 Å². The van der Waals surface area contributed by atoms with Gasteiger partial charge in [0.15, 0.2) is 0 Å². The fourth-order valence-electron chi connectivity index (χ4n) is 5.06. The van der Waals surface area contributed by atoms with Crippen LogP contribution in [-0.2, 0) is 4.79 Å². The van der Waals surface area contributed by atoms with Gasteiger partial charge in [-0.25, -0.2) is 15.0 Å². The summed E-state index contributed by atoms with van der Waals surface area (Å²) in [6, 6.07) is 18.6. The van der Waals surface area contributed by atoms with Crippen LogP contribution in [0.5, 0.6) is 0 Å². The van der Waals surface area contributed by atoms with E-state index in [4.69, 9.17) is 5.73 Å². The molecule has 4 heterocycles. The van der Waals surface area contributed by atoms with Gasteiger partial charge in [0, 0.05) is 61.4 Å². The van der Waals surface area contributed by atoms with Gasteiger partial charge in [-0.05, 0) is 47.5 Å². The first-order valence-corrected chi connectivity index (χ1v) is 11.1. The number of hydrogen-bond donors (Lipinski definition) is 1. The second-order valence-electron chi connectivity index (χ2n) is 9.20. The molecule has 164 valence electrons. The van der Waals surface area contributed by atoms with Crippen molar-refractivity contribution in [2.75, 3.05) is 36.8 Å². The van der Waals surface area contributed by atoms with Crippen LogP contribution in [0.1, 0.15) is 6.92 Å². The highest BCUT2D eigenvalue weighted by molar-refractivity contribution is 5.95. The van der Waals surface area contributed by atoms with E-state index >= 15 is 0 Å². The molecule has 1 spiro atoms. The molecular formula is C26H24N6O. The predicted molar refractivity (Wildman–Crippen MR) is 130 cm³/mol. The number of rotatable bonds is 3. The summed E-state index contributed by atoms with van der Waals surface area (Å²) in [5.41, 5.74) is 12.3. The topological polar surface area (TPSA) is 88.2 Å². The highest BCUT2D eigenvalue weighted by Gasteiger charge is 2.52. The number of anilines is 2. The molecule has 0 atom stereocenters. The lowest BCUT2D eigenvalue weighted by molar-refractivity contribution is -0.142. The molecule has 2 aromatic heterocycles. The van der Waals surface area contributed by atoms with Crippen molar-refractivity contribution in [3.63, 3.8) is 0 Å². The molecule has 33 heavy (non-hydrogen) atoms. The molecule has 0 bridgehead atoms. The van der Waals surface area contributed by atoms with Gasteiger partial charge in [0.1, 0.15) is 12.1 Å². The zero-order chi connectivity index (χ0) is 22.6. The Labute approximate surface area is 191 Å². The fourth-order valence-corrected chi connectivity index (χ4v) is 5.06. The number of likely N-dealkylation sites (tertiary alicyclic amines) is 1. The van der Waals surface area contributed by atoms with Crippen LogP contribution in [0, 0.1) is 5.41 Å². The van der Waals surface area contributed by atoms with Crippen molar-refractivity contribution in [1.82, 2.24) is 19.9 Å². The molecule has 7 nitrogen and oxygen atoms in total. The van der Waals surface area contributed by atoms with E-state index in [0.717, 1.165) is 59.5 Å². The summed E-state index contributed by atoms with van der Waals surface area (Å²) in [5.74, 6) is 0.674. The Hall–Kier alpha value is -4.00. The van der Waals surface area contributed by atoms with E-state index in [0.29, 0.717) is 11.2 Å². The molecule has 0 aliphatic carbocycles. The van der Waals surface area contributed by atoms with E-state index in [1.54, 1.807) is 19.4 Å². The normalized spacial score (nSPS) is 16.5. The number of carbonyl (C=O) groups excluding carboxylic acids is 1. The number of carbonyl (C=O) groups is 1. The molecular weight excluding hydrogens is 412 g/mol. The van der Waals surface area contributed by atoms with E-state index in [-0.39, 0.29) is 5.91 Å². The minimum atomic E-state index is 0.177. The Morgan fingerprint density at radius 3 is 2.33 bits per heavy atom. The van der Waals surface area contributed by atoms with Crippen molar-refractivity contribution < 1.29 is 4.79 Å². The molecule has 2 saturated heterocycles. The Morgan fingerprint density at radius 1 is 0.879 bits per heavy atom. The summed E-state index contributed by atoms with van der Waals surface area (Å²) in [7, 11) is 0. The van der Waals surface area contributed by atoms with Crippen LogP contribution in [-0.4, -0.2) is 51.9 Å². The lowest BCUT2D eigenvalue weighted by atomic mass is 9.72. The third-order valence-corrected chi connectivity index (χ3v) is 6.81. The molecule has 6 rings (SSSR count). The maximum atomic E-state index is 11.5. The molecule has 2 aromatic carbocycles. The Balaban J connectivity index is 1.26. The summed E-state index contributed by atoms with van der Waals surface area (Å²) >= 11 is 0. The number of nitrogens with zero attached hydrogens (tertiary/aromatic N) is 5. The highest BCUT2D eigenvalue weighted by Crippen LogP contribution is 2.42. The summed E-state index contributed by atoms with van der Waals surface area (Å²) in [5, 5.41) is 1.000. The Morgan fingerprint density at radius 2 is 1.61 bits per heavy atom. The van der Waals surface area contributed by atoms with Gasteiger partial charge < -0.3 is 15.5 Å². The second kappa shape index (κ2) is 7.27. The number of pyridine rings is 1. The largest absolute Gasteiger partial charge is 0.384 e. The highest BCUT2D eigenvalue weighted by atomic mass is 16.2. The Bertz CT molecular complexity index is 1370. The summed E-state index contributed by atoms with van der Waals surface area (Å²) in [4.78, 5) is 28.9. The van der Waals surface area contributed by atoms with Gasteiger partial charge in [-0.2, -0.15) is 0 Å². The first-order valence-electron chi connectivity index (χ1n) is 11.1. The molecule has 1 amide bonds. The van der Waals surface area contributed by atoms with E-state index in [2.05, 4.69) is 50.2 Å². The predicted octanol–water partition coefficient (Wildman–Crippen LogP) is 3.61. The maximum Gasteiger partial charge on any atom is 0.219 e. The third kappa shape index (κ3) is 3.36. The monoisotopic (exact) mass is 436 g/mol. The first kappa shape index (κ1) is 19.7. The molecule has 2 N–H and O–H groups in total. The third-order valence-electron chi connectivity index (χ3n) is 6.81. The molecule has 0 radical (unpaired) electrons. The summed E-state index contributed by atoms with van der Waals surface area (Å²) in [6.45, 7) is 5.43. The lowest BCUT2D eigenvalue weighted by Crippen LogP contribution is -2.72. The average molecular weight is 437 g/mol. The first-order chi connectivity index (χ1) is 16.0. The van der Waals surface area contributed by atoms with E-state index in [9.17, 15) is 4.79 Å². The van der Waals surface area contributed by atoms with Gasteiger partial charge in [0.2, 0.25) is 5.91 Å². The molecule has 4 aromatic rings. The van der Waals surface area contributed by atoms with Gasteiger partial charge in [0.25, 0.3) is 0 Å². The van der Waals surface area contributed by atoms with Crippen LogP contribution in [0.2, 0.25) is 0 Å². The minimum Gasteiger partial charge on any atom is -0.384 e. The number of benzene rings is 2. The molecule has 7 heteroatoms. The number of hydrogen-bond acceptors (Lipinski definition) is 6. The second-order valence-corrected chi connectivity index (χ2v) is 9.20. The zero-order valence-electron chi connectivity index (χ0n) is 18.4. The van der Waals surface area contributed by atoms with Crippen molar-refractivity contribution in [2.45, 2.75) is 6.92 Å². The van der Waals surface area contributed by atoms with Gasteiger partial charge in [-0.1, -0.05) is 18.2 Å². The van der Waals surface area contributed by atoms with Crippen molar-refractivity contribution >= 4 is 28.3 Å². The number of nitrogen functional groups attached to an aromatic ring is 1. The van der Waals surface area contributed by atoms with Crippen LogP contribution in [0.4, 0.5) is 11.5 Å². The van der Waals surface area contributed by atoms with Gasteiger partial charge in [-0.15, -0.1) is 0 Å². The molecule has 2 aliphatic heterocycles. The number of nitrogens with two attached hydrogens (primary N) is 1. The SMILES string of the molecule is CC(=O)N1CC2(C1)CN(c1ccc(-c3ncnc4ccc(-c5ccnc(N)c5)cc34)cc1)C2. The van der Waals surface area contributed by atoms with E-state index < -0.39 is 0 Å². The van der Waals surface area contributed by atoms with Crippen LogP contribution < -0.4 is 10.6 Å². The quantitative estimate of drug-likeness (QED) is 0.528. The van der Waals surface area contributed by atoms with Crippen molar-refractivity contribution in [3.05, 3.63) is 67.1 Å². The van der Waals surface area contributed by atoms with Gasteiger partial charge in [-0.3, -0.25) is 4.79 Å². The molecule has 2 fully saturated rings. The lowest BCUT2D eigenvalue weighted by Gasteiger charge is -2.60. The molecule has 2 aliphatic rings. The molecule has 0 unspecified atom stereocenters. The zero-order valence-corrected chi connectivity index (χ0v) is 18.4. The standard InChI is InChI=1S/C26H24N6O/c1-17(33)31-12-26(13-31)14-32(15-26)21-5-2-18(3-6-21)25-22-10-19(4-7-23(22)29-16-30-25)20-8-9-28-24(27)11-20/h2-11,16H,12-15H2,1H3,(H2,27,28). The number of aromatic nitrogens is 3. The smallest absolute Gasteiger partial charge is 0.219 e. The number of amides is 1. The van der Waals surface area contributed by atoms with E-state index in [1.165, 1.54) is 5.69 Å². The van der Waals surface area contributed by atoms with Crippen molar-refractivity contribution in [3.8, 4) is 22.4 Å². The van der Waals surface area contributed by atoms with Gasteiger partial charge in [0.05, 0.1) is 11.2 Å². The van der Waals surface area contributed by atoms with Crippen LogP contribution in [0.25, 0.3) is 33.3 Å². The average Bonchev–Trinajstić information content (AvgIpc) is 2.77. The summed E-state index contributed by atoms with van der Waals surface area (Å²) in [6.07, 6.45) is 3.34.